The summed E-state index contributed by atoms with van der Waals surface area (Å²) in [7, 11) is 1.33. The van der Waals surface area contributed by atoms with Gasteiger partial charge in [-0.15, -0.1) is 6.58 Å². The van der Waals surface area contributed by atoms with E-state index in [1.807, 2.05) is 6.08 Å². The van der Waals surface area contributed by atoms with Gasteiger partial charge in [0.1, 0.15) is 5.41 Å². The molecule has 108 valence electrons. The van der Waals surface area contributed by atoms with Gasteiger partial charge in [-0.3, -0.25) is 4.79 Å². The van der Waals surface area contributed by atoms with Crippen molar-refractivity contribution < 1.29 is 18.7 Å². The quantitative estimate of drug-likeness (QED) is 0.442. The number of carbonyl (C=O) groups excluding carboxylic acids is 1. The maximum atomic E-state index is 12.0. The molecule has 0 saturated carbocycles. The Morgan fingerprint density at radius 1 is 1.47 bits per heavy atom. The summed E-state index contributed by atoms with van der Waals surface area (Å²) < 4.78 is 16.3. The SMILES string of the molecule is C=CC1(C(=O)OC)CCC(O[Si](C)(C)C)=CC1OC. The summed E-state index contributed by atoms with van der Waals surface area (Å²) in [5.74, 6) is 0.602. The number of hydrogen-bond acceptors (Lipinski definition) is 4. The standard InChI is InChI=1S/C14H24O4Si/c1-7-14(13(15)17-3)9-8-11(10-12(14)16-2)18-19(4,5)6/h7,10,12H,1,8-9H2,2-6H3. The topological polar surface area (TPSA) is 44.8 Å². The molecule has 0 fully saturated rings. The van der Waals surface area contributed by atoms with Crippen molar-refractivity contribution in [2.75, 3.05) is 14.2 Å². The molecule has 0 saturated heterocycles. The summed E-state index contributed by atoms with van der Waals surface area (Å²) in [6, 6.07) is 0. The average Bonchev–Trinajstić information content (AvgIpc) is 2.36. The molecule has 0 N–H and O–H groups in total. The van der Waals surface area contributed by atoms with Crippen molar-refractivity contribution in [2.45, 2.75) is 38.6 Å². The van der Waals surface area contributed by atoms with E-state index in [2.05, 4.69) is 26.2 Å². The molecule has 0 bridgehead atoms. The first-order chi connectivity index (χ1) is 8.79. The smallest absolute Gasteiger partial charge is 0.318 e. The molecule has 0 spiro atoms. The number of hydrogen-bond donors (Lipinski definition) is 0. The van der Waals surface area contributed by atoms with Gasteiger partial charge < -0.3 is 13.9 Å². The van der Waals surface area contributed by atoms with Crippen molar-refractivity contribution >= 4 is 14.3 Å². The summed E-state index contributed by atoms with van der Waals surface area (Å²) in [4.78, 5) is 12.0. The zero-order chi connectivity index (χ0) is 14.7. The highest BCUT2D eigenvalue weighted by atomic mass is 28.4. The van der Waals surface area contributed by atoms with E-state index in [0.717, 1.165) is 5.76 Å². The lowest BCUT2D eigenvalue weighted by molar-refractivity contribution is -0.156. The zero-order valence-electron chi connectivity index (χ0n) is 12.5. The van der Waals surface area contributed by atoms with Gasteiger partial charge >= 0.3 is 5.97 Å². The molecule has 4 nitrogen and oxygen atoms in total. The molecule has 2 atom stereocenters. The fourth-order valence-electron chi connectivity index (χ4n) is 2.34. The lowest BCUT2D eigenvalue weighted by Gasteiger charge is -2.38. The molecule has 19 heavy (non-hydrogen) atoms. The minimum absolute atomic E-state index is 0.308. The molecule has 1 aliphatic carbocycles. The van der Waals surface area contributed by atoms with Gasteiger partial charge in [-0.05, 0) is 32.1 Å². The van der Waals surface area contributed by atoms with Gasteiger partial charge in [-0.25, -0.2) is 0 Å². The van der Waals surface area contributed by atoms with Crippen LogP contribution in [0.4, 0.5) is 0 Å². The number of carbonyl (C=O) groups is 1. The Hall–Kier alpha value is -1.07. The van der Waals surface area contributed by atoms with E-state index in [4.69, 9.17) is 13.9 Å². The first kappa shape index (κ1) is 16.0. The first-order valence-electron chi connectivity index (χ1n) is 6.43. The molecular formula is C14H24O4Si. The van der Waals surface area contributed by atoms with Crippen LogP contribution in [0.1, 0.15) is 12.8 Å². The lowest BCUT2D eigenvalue weighted by Crippen LogP contribution is -2.44. The summed E-state index contributed by atoms with van der Waals surface area (Å²) in [6.07, 6.45) is 4.43. The highest BCUT2D eigenvalue weighted by Gasteiger charge is 2.46. The zero-order valence-corrected chi connectivity index (χ0v) is 13.5. The molecule has 2 unspecified atom stereocenters. The highest BCUT2D eigenvalue weighted by molar-refractivity contribution is 6.70. The lowest BCUT2D eigenvalue weighted by atomic mass is 9.74. The van der Waals surface area contributed by atoms with Crippen LogP contribution in [0.15, 0.2) is 24.5 Å². The average molecular weight is 284 g/mol. The van der Waals surface area contributed by atoms with Gasteiger partial charge in [0, 0.05) is 13.5 Å². The van der Waals surface area contributed by atoms with Gasteiger partial charge in [0.2, 0.25) is 8.32 Å². The van der Waals surface area contributed by atoms with E-state index in [1.165, 1.54) is 7.11 Å². The second-order valence-corrected chi connectivity index (χ2v) is 10.2. The Bertz CT molecular complexity index is 383. The molecule has 0 aromatic rings. The Morgan fingerprint density at radius 3 is 2.53 bits per heavy atom. The summed E-state index contributed by atoms with van der Waals surface area (Å²) in [6.45, 7) is 10.2. The third kappa shape index (κ3) is 3.48. The number of esters is 1. The van der Waals surface area contributed by atoms with Crippen molar-refractivity contribution in [1.82, 2.24) is 0 Å². The maximum absolute atomic E-state index is 12.0. The number of allylic oxidation sites excluding steroid dienone is 1. The Morgan fingerprint density at radius 2 is 2.11 bits per heavy atom. The highest BCUT2D eigenvalue weighted by Crippen LogP contribution is 2.40. The molecule has 0 aromatic heterocycles. The van der Waals surface area contributed by atoms with E-state index >= 15 is 0 Å². The molecule has 0 amide bonds. The van der Waals surface area contributed by atoms with Crippen LogP contribution in [0.3, 0.4) is 0 Å². The summed E-state index contributed by atoms with van der Waals surface area (Å²) in [5.41, 5.74) is -0.810. The van der Waals surface area contributed by atoms with Crippen LogP contribution < -0.4 is 0 Å². The molecule has 0 heterocycles. The number of rotatable bonds is 5. The molecule has 0 radical (unpaired) electrons. The van der Waals surface area contributed by atoms with Crippen molar-refractivity contribution in [3.05, 3.63) is 24.5 Å². The molecule has 0 aliphatic heterocycles. The third-order valence-electron chi connectivity index (χ3n) is 3.25. The Kier molecular flexibility index (Phi) is 4.98. The summed E-state index contributed by atoms with van der Waals surface area (Å²) in [5, 5.41) is 0. The van der Waals surface area contributed by atoms with Crippen LogP contribution in [-0.4, -0.2) is 34.6 Å². The van der Waals surface area contributed by atoms with Crippen LogP contribution in [0.5, 0.6) is 0 Å². The normalized spacial score (nSPS) is 27.4. The van der Waals surface area contributed by atoms with Gasteiger partial charge in [0.05, 0.1) is 19.0 Å². The van der Waals surface area contributed by atoms with Crippen LogP contribution in [-0.2, 0) is 18.7 Å². The third-order valence-corrected chi connectivity index (χ3v) is 4.13. The van der Waals surface area contributed by atoms with Crippen molar-refractivity contribution in [3.63, 3.8) is 0 Å². The van der Waals surface area contributed by atoms with Gasteiger partial charge in [-0.2, -0.15) is 0 Å². The molecule has 5 heteroatoms. The van der Waals surface area contributed by atoms with E-state index in [1.54, 1.807) is 13.2 Å². The number of ether oxygens (including phenoxy) is 2. The van der Waals surface area contributed by atoms with E-state index in [0.29, 0.717) is 12.8 Å². The van der Waals surface area contributed by atoms with Gasteiger partial charge in [-0.1, -0.05) is 6.08 Å². The van der Waals surface area contributed by atoms with E-state index in [-0.39, 0.29) is 5.97 Å². The van der Waals surface area contributed by atoms with Crippen LogP contribution >= 0.6 is 0 Å². The van der Waals surface area contributed by atoms with Gasteiger partial charge in [0.15, 0.2) is 0 Å². The second kappa shape index (κ2) is 5.92. The van der Waals surface area contributed by atoms with Crippen LogP contribution in [0, 0.1) is 5.41 Å². The Labute approximate surface area is 116 Å². The predicted molar refractivity (Wildman–Crippen MR) is 77.2 cm³/mol. The largest absolute Gasteiger partial charge is 0.547 e. The first-order valence-corrected chi connectivity index (χ1v) is 9.84. The fourth-order valence-corrected chi connectivity index (χ4v) is 3.30. The van der Waals surface area contributed by atoms with Crippen molar-refractivity contribution in [2.24, 2.45) is 5.41 Å². The summed E-state index contributed by atoms with van der Waals surface area (Å²) >= 11 is 0. The number of methoxy groups -OCH3 is 2. The van der Waals surface area contributed by atoms with Crippen molar-refractivity contribution in [1.29, 1.82) is 0 Å². The maximum Gasteiger partial charge on any atom is 0.318 e. The minimum atomic E-state index is -1.64. The molecule has 0 aromatic carbocycles. The van der Waals surface area contributed by atoms with Gasteiger partial charge in [0.25, 0.3) is 0 Å². The molecule has 1 aliphatic rings. The second-order valence-electron chi connectivity index (χ2n) is 5.74. The monoisotopic (exact) mass is 284 g/mol. The van der Waals surface area contributed by atoms with Crippen LogP contribution in [0.25, 0.3) is 0 Å². The fraction of sp³-hybridized carbons (Fsp3) is 0.643. The molecular weight excluding hydrogens is 260 g/mol. The van der Waals surface area contributed by atoms with E-state index < -0.39 is 19.8 Å². The Balaban J connectivity index is 3.03. The molecule has 1 rings (SSSR count). The van der Waals surface area contributed by atoms with Crippen LogP contribution in [0.2, 0.25) is 19.6 Å². The van der Waals surface area contributed by atoms with E-state index in [9.17, 15) is 4.79 Å². The minimum Gasteiger partial charge on any atom is -0.547 e. The predicted octanol–water partition coefficient (Wildman–Crippen LogP) is 2.88. The van der Waals surface area contributed by atoms with Crippen molar-refractivity contribution in [3.8, 4) is 0 Å².